The van der Waals surface area contributed by atoms with Crippen molar-refractivity contribution in [2.75, 3.05) is 6.61 Å². The van der Waals surface area contributed by atoms with Gasteiger partial charge in [-0.25, -0.2) is 0 Å². The minimum atomic E-state index is -0.195. The van der Waals surface area contributed by atoms with Gasteiger partial charge in [-0.3, -0.25) is 4.79 Å². The average Bonchev–Trinajstić information content (AvgIpc) is 2.04. The molecular formula is C9H14Cl2O2. The van der Waals surface area contributed by atoms with E-state index >= 15 is 0 Å². The van der Waals surface area contributed by atoms with E-state index in [1.807, 2.05) is 0 Å². The van der Waals surface area contributed by atoms with Crippen LogP contribution in [-0.4, -0.2) is 12.6 Å². The zero-order chi connectivity index (χ0) is 10.1. The summed E-state index contributed by atoms with van der Waals surface area (Å²) < 4.78 is 4.94. The quantitative estimate of drug-likeness (QED) is 0.511. The van der Waals surface area contributed by atoms with Gasteiger partial charge in [-0.2, -0.15) is 0 Å². The summed E-state index contributed by atoms with van der Waals surface area (Å²) >= 11 is 10.6. The molecule has 0 saturated carbocycles. The first-order valence-corrected chi connectivity index (χ1v) is 5.09. The van der Waals surface area contributed by atoms with E-state index in [4.69, 9.17) is 27.9 Å². The minimum absolute atomic E-state index is 0.126. The van der Waals surface area contributed by atoms with Crippen molar-refractivity contribution in [3.05, 3.63) is 10.6 Å². The van der Waals surface area contributed by atoms with E-state index in [1.165, 1.54) is 6.08 Å². The molecular weight excluding hydrogens is 211 g/mol. The van der Waals surface area contributed by atoms with E-state index in [2.05, 4.69) is 6.92 Å². The number of rotatable bonds is 6. The van der Waals surface area contributed by atoms with Gasteiger partial charge >= 0.3 is 5.97 Å². The van der Waals surface area contributed by atoms with E-state index in [9.17, 15) is 4.79 Å². The molecule has 0 bridgehead atoms. The Morgan fingerprint density at radius 2 is 2.08 bits per heavy atom. The molecule has 0 radical (unpaired) electrons. The van der Waals surface area contributed by atoms with Crippen LogP contribution in [0.4, 0.5) is 0 Å². The molecule has 0 aliphatic rings. The molecule has 0 rings (SSSR count). The molecule has 0 spiro atoms. The summed E-state index contributed by atoms with van der Waals surface area (Å²) in [6, 6.07) is 0. The Kier molecular flexibility index (Phi) is 8.26. The van der Waals surface area contributed by atoms with Crippen molar-refractivity contribution >= 4 is 29.2 Å². The fourth-order valence-corrected chi connectivity index (χ4v) is 0.915. The van der Waals surface area contributed by atoms with Gasteiger partial charge in [-0.1, -0.05) is 43.0 Å². The summed E-state index contributed by atoms with van der Waals surface area (Å²) in [7, 11) is 0. The predicted molar refractivity (Wildman–Crippen MR) is 54.9 cm³/mol. The van der Waals surface area contributed by atoms with Crippen LogP contribution in [0.5, 0.6) is 0 Å². The lowest BCUT2D eigenvalue weighted by molar-refractivity contribution is -0.142. The minimum Gasteiger partial charge on any atom is -0.461 e. The number of unbranched alkanes of at least 4 members (excludes halogenated alkanes) is 2. The Hall–Kier alpha value is -0.210. The third kappa shape index (κ3) is 9.71. The van der Waals surface area contributed by atoms with Crippen LogP contribution in [0.2, 0.25) is 0 Å². The number of carbonyl (C=O) groups is 1. The van der Waals surface area contributed by atoms with Crippen LogP contribution in [-0.2, 0) is 9.53 Å². The zero-order valence-corrected chi connectivity index (χ0v) is 9.20. The summed E-state index contributed by atoms with van der Waals surface area (Å²) in [5.74, 6) is -0.195. The lowest BCUT2D eigenvalue weighted by atomic mass is 10.2. The summed E-state index contributed by atoms with van der Waals surface area (Å²) in [6.07, 6.45) is 4.96. The number of halogens is 2. The SMILES string of the molecule is CCCCCC(=O)OCC=C(Cl)Cl. The number of esters is 1. The Morgan fingerprint density at radius 1 is 1.38 bits per heavy atom. The zero-order valence-electron chi connectivity index (χ0n) is 7.69. The molecule has 0 aromatic heterocycles. The first-order chi connectivity index (χ1) is 6.16. The van der Waals surface area contributed by atoms with Gasteiger partial charge in [-0.05, 0) is 12.5 Å². The molecule has 0 aliphatic heterocycles. The van der Waals surface area contributed by atoms with E-state index in [0.717, 1.165) is 19.3 Å². The van der Waals surface area contributed by atoms with Crippen molar-refractivity contribution < 1.29 is 9.53 Å². The highest BCUT2D eigenvalue weighted by Gasteiger charge is 2.00. The maximum Gasteiger partial charge on any atom is 0.306 e. The van der Waals surface area contributed by atoms with Crippen molar-refractivity contribution in [1.29, 1.82) is 0 Å². The first-order valence-electron chi connectivity index (χ1n) is 4.33. The van der Waals surface area contributed by atoms with E-state index in [0.29, 0.717) is 6.42 Å². The van der Waals surface area contributed by atoms with Crippen LogP contribution in [0.1, 0.15) is 32.6 Å². The second-order valence-electron chi connectivity index (χ2n) is 2.63. The maximum atomic E-state index is 11.0. The molecule has 0 heterocycles. The molecule has 0 fully saturated rings. The van der Waals surface area contributed by atoms with Crippen molar-refractivity contribution in [1.82, 2.24) is 0 Å². The predicted octanol–water partition coefficient (Wildman–Crippen LogP) is 3.43. The molecule has 76 valence electrons. The van der Waals surface area contributed by atoms with Gasteiger partial charge in [0.2, 0.25) is 0 Å². The van der Waals surface area contributed by atoms with Gasteiger partial charge in [0.05, 0.1) is 0 Å². The summed E-state index contributed by atoms with van der Waals surface area (Å²) in [4.78, 5) is 11.0. The van der Waals surface area contributed by atoms with Gasteiger partial charge in [-0.15, -0.1) is 0 Å². The molecule has 0 N–H and O–H groups in total. The van der Waals surface area contributed by atoms with Gasteiger partial charge < -0.3 is 4.74 Å². The first kappa shape index (κ1) is 12.8. The number of hydrogen-bond donors (Lipinski definition) is 0. The Bertz CT molecular complexity index is 174. The molecule has 0 aromatic carbocycles. The topological polar surface area (TPSA) is 26.3 Å². The Morgan fingerprint density at radius 3 is 2.62 bits per heavy atom. The van der Waals surface area contributed by atoms with Crippen molar-refractivity contribution in [2.45, 2.75) is 32.6 Å². The summed E-state index contributed by atoms with van der Waals surface area (Å²) in [5.41, 5.74) is 0. The highest BCUT2D eigenvalue weighted by atomic mass is 35.5. The largest absolute Gasteiger partial charge is 0.461 e. The van der Waals surface area contributed by atoms with Crippen LogP contribution < -0.4 is 0 Å². The smallest absolute Gasteiger partial charge is 0.306 e. The second kappa shape index (κ2) is 8.39. The van der Waals surface area contributed by atoms with Crippen molar-refractivity contribution in [3.63, 3.8) is 0 Å². The Labute approximate surface area is 88.9 Å². The molecule has 0 amide bonds. The van der Waals surface area contributed by atoms with E-state index in [-0.39, 0.29) is 17.1 Å². The molecule has 0 unspecified atom stereocenters. The lowest BCUT2D eigenvalue weighted by Crippen LogP contribution is -2.03. The molecule has 2 nitrogen and oxygen atoms in total. The molecule has 13 heavy (non-hydrogen) atoms. The van der Waals surface area contributed by atoms with Gasteiger partial charge in [0, 0.05) is 6.42 Å². The normalized spacial score (nSPS) is 9.46. The number of carbonyl (C=O) groups excluding carboxylic acids is 1. The Balaban J connectivity index is 3.36. The van der Waals surface area contributed by atoms with Gasteiger partial charge in [0.15, 0.2) is 0 Å². The van der Waals surface area contributed by atoms with Gasteiger partial charge in [0.25, 0.3) is 0 Å². The molecule has 0 aliphatic carbocycles. The fraction of sp³-hybridized carbons (Fsp3) is 0.667. The standard InChI is InChI=1S/C9H14Cl2O2/c1-2-3-4-5-9(12)13-7-6-8(10)11/h6H,2-5,7H2,1H3. The van der Waals surface area contributed by atoms with Crippen LogP contribution in [0.15, 0.2) is 10.6 Å². The summed E-state index contributed by atoms with van der Waals surface area (Å²) in [6.45, 7) is 2.24. The van der Waals surface area contributed by atoms with Crippen LogP contribution in [0.25, 0.3) is 0 Å². The molecule has 0 saturated heterocycles. The van der Waals surface area contributed by atoms with Crippen LogP contribution >= 0.6 is 23.2 Å². The van der Waals surface area contributed by atoms with Crippen molar-refractivity contribution in [2.24, 2.45) is 0 Å². The van der Waals surface area contributed by atoms with E-state index in [1.54, 1.807) is 0 Å². The third-order valence-electron chi connectivity index (χ3n) is 1.47. The monoisotopic (exact) mass is 224 g/mol. The highest BCUT2D eigenvalue weighted by molar-refractivity contribution is 6.55. The lowest BCUT2D eigenvalue weighted by Gasteiger charge is -2.00. The van der Waals surface area contributed by atoms with Crippen LogP contribution in [0, 0.1) is 0 Å². The van der Waals surface area contributed by atoms with Gasteiger partial charge in [0.1, 0.15) is 11.1 Å². The highest BCUT2D eigenvalue weighted by Crippen LogP contribution is 2.06. The van der Waals surface area contributed by atoms with Crippen molar-refractivity contribution in [3.8, 4) is 0 Å². The average molecular weight is 225 g/mol. The maximum absolute atomic E-state index is 11.0. The number of hydrogen-bond acceptors (Lipinski definition) is 2. The fourth-order valence-electron chi connectivity index (χ4n) is 0.789. The van der Waals surface area contributed by atoms with E-state index < -0.39 is 0 Å². The molecule has 0 atom stereocenters. The number of ether oxygens (including phenoxy) is 1. The third-order valence-corrected chi connectivity index (χ3v) is 1.78. The van der Waals surface area contributed by atoms with Crippen LogP contribution in [0.3, 0.4) is 0 Å². The molecule has 0 aromatic rings. The summed E-state index contributed by atoms with van der Waals surface area (Å²) in [5, 5.41) is 0. The molecule has 4 heteroatoms. The second-order valence-corrected chi connectivity index (χ2v) is 3.64.